The van der Waals surface area contributed by atoms with Crippen LogP contribution in [-0.4, -0.2) is 42.8 Å². The fourth-order valence-electron chi connectivity index (χ4n) is 0.667. The Hall–Kier alpha value is -0.0300. The second-order valence-corrected chi connectivity index (χ2v) is 2.94. The molecule has 0 unspecified atom stereocenters. The van der Waals surface area contributed by atoms with Crippen molar-refractivity contribution in [3.63, 3.8) is 0 Å². The topological polar surface area (TPSA) is 60.2 Å². The van der Waals surface area contributed by atoms with Gasteiger partial charge in [-0.25, -0.2) is 0 Å². The number of allylic oxidation sites excluding steroid dienone is 3. The van der Waals surface area contributed by atoms with Crippen molar-refractivity contribution >= 4 is 44.7 Å². The van der Waals surface area contributed by atoms with E-state index in [1.165, 1.54) is 6.08 Å². The summed E-state index contributed by atoms with van der Waals surface area (Å²) in [4.78, 5) is 0.384. The van der Waals surface area contributed by atoms with Crippen LogP contribution in [0.25, 0.3) is 0 Å². The second kappa shape index (κ2) is 4.77. The molecule has 55 valence electrons. The zero-order valence-electron chi connectivity index (χ0n) is 6.24. The third kappa shape index (κ3) is 3.25. The number of nitrogens with two attached hydrogens (primary N) is 1. The monoisotopic (exact) mass is 180 g/mol. The van der Waals surface area contributed by atoms with Crippen LogP contribution in [-0.2, 0) is 10.3 Å². The molecule has 11 heavy (non-hydrogen) atoms. The van der Waals surface area contributed by atoms with Gasteiger partial charge in [0.05, 0.1) is 4.86 Å². The first kappa shape index (κ1) is 11.0. The van der Waals surface area contributed by atoms with Crippen molar-refractivity contribution in [3.05, 3.63) is 23.9 Å². The molecule has 5 heteroatoms. The van der Waals surface area contributed by atoms with Gasteiger partial charge in [0.25, 0.3) is 0 Å². The number of hydrogen-bond acceptors (Lipinski definition) is 3. The summed E-state index contributed by atoms with van der Waals surface area (Å²) in [6.07, 6.45) is 5.18. The van der Waals surface area contributed by atoms with Crippen molar-refractivity contribution in [2.45, 2.75) is 6.42 Å². The molecule has 2 N–H and O–H groups in total. The maximum Gasteiger partial charge on any atom is 0.217 e. The summed E-state index contributed by atoms with van der Waals surface area (Å²) < 4.78 is 20.6. The van der Waals surface area contributed by atoms with Gasteiger partial charge in [0.15, 0.2) is 0 Å². The molecule has 1 aliphatic rings. The molecule has 1 rings (SSSR count). The molecule has 0 aromatic carbocycles. The molecule has 0 amide bonds. The van der Waals surface area contributed by atoms with Gasteiger partial charge < -0.3 is 5.73 Å². The van der Waals surface area contributed by atoms with Crippen LogP contribution in [0.4, 0.5) is 0 Å². The summed E-state index contributed by atoms with van der Waals surface area (Å²) in [7, 11) is -2.09. The van der Waals surface area contributed by atoms with E-state index in [1.807, 2.05) is 0 Å². The van der Waals surface area contributed by atoms with E-state index < -0.39 is 10.3 Å². The van der Waals surface area contributed by atoms with E-state index in [2.05, 4.69) is 0 Å². The van der Waals surface area contributed by atoms with Crippen molar-refractivity contribution in [2.75, 3.05) is 0 Å². The predicted octanol–water partition coefficient (Wildman–Crippen LogP) is -0.540. The molecule has 0 aliphatic heterocycles. The normalized spacial score (nSPS) is 15.3. The molecule has 0 fully saturated rings. The van der Waals surface area contributed by atoms with Crippen LogP contribution in [0.5, 0.6) is 0 Å². The molecule has 0 atom stereocenters. The first-order valence-electron chi connectivity index (χ1n) is 2.79. The van der Waals surface area contributed by atoms with E-state index in [9.17, 15) is 8.42 Å². The smallest absolute Gasteiger partial charge is 0.217 e. The van der Waals surface area contributed by atoms with Gasteiger partial charge >= 0.3 is 0 Å². The average molecular weight is 180 g/mol. The first-order chi connectivity index (χ1) is 4.70. The summed E-state index contributed by atoms with van der Waals surface area (Å²) in [6.45, 7) is 0. The van der Waals surface area contributed by atoms with Gasteiger partial charge in [-0.05, 0) is 12.2 Å². The molecule has 0 spiro atoms. The second-order valence-electron chi connectivity index (χ2n) is 1.94. The van der Waals surface area contributed by atoms with Crippen LogP contribution >= 0.6 is 0 Å². The summed E-state index contributed by atoms with van der Waals surface area (Å²) in [5, 5.41) is 0. The summed E-state index contributed by atoms with van der Waals surface area (Å²) >= 11 is 0. The first-order valence-corrected chi connectivity index (χ1v) is 3.86. The van der Waals surface area contributed by atoms with Gasteiger partial charge in [-0.15, -0.1) is 0 Å². The van der Waals surface area contributed by atoms with E-state index in [0.717, 1.165) is 0 Å². The van der Waals surface area contributed by atoms with Crippen LogP contribution in [0, 0.1) is 0 Å². The zero-order chi connectivity index (χ0) is 7.56. The van der Waals surface area contributed by atoms with Crippen LogP contribution < -0.4 is 5.73 Å². The van der Waals surface area contributed by atoms with E-state index in [4.69, 9.17) is 5.73 Å². The van der Waals surface area contributed by atoms with Crippen molar-refractivity contribution in [3.8, 4) is 0 Å². The van der Waals surface area contributed by atoms with E-state index in [1.54, 1.807) is 12.2 Å². The average Bonchev–Trinajstić information content (AvgIpc) is 1.88. The molecule has 0 bridgehead atoms. The van der Waals surface area contributed by atoms with Gasteiger partial charge in [0.2, 0.25) is 10.3 Å². The Kier molecular flexibility index (Phi) is 4.76. The van der Waals surface area contributed by atoms with Crippen molar-refractivity contribution in [1.29, 1.82) is 0 Å². The molecular formula is C6H7NNaO2S. The fraction of sp³-hybridized carbons (Fsp3) is 0.167. The Balaban J connectivity index is 0.000001000. The Bertz CT molecular complexity index is 318. The van der Waals surface area contributed by atoms with Crippen LogP contribution in [0.3, 0.4) is 0 Å². The minimum absolute atomic E-state index is 0. The van der Waals surface area contributed by atoms with Crippen LogP contribution in [0.1, 0.15) is 6.42 Å². The Labute approximate surface area is 88.8 Å². The summed E-state index contributed by atoms with van der Waals surface area (Å²) in [5.74, 6) is 0. The quantitative estimate of drug-likeness (QED) is 0.402. The molecule has 1 radical (unpaired) electrons. The van der Waals surface area contributed by atoms with Crippen molar-refractivity contribution in [2.24, 2.45) is 5.73 Å². The Morgan fingerprint density at radius 1 is 1.36 bits per heavy atom. The summed E-state index contributed by atoms with van der Waals surface area (Å²) in [6, 6.07) is 0. The maximum atomic E-state index is 10.3. The van der Waals surface area contributed by atoms with Gasteiger partial charge in [-0.1, -0.05) is 6.08 Å². The molecule has 0 aromatic rings. The fourth-order valence-corrected chi connectivity index (χ4v) is 1.07. The summed E-state index contributed by atoms with van der Waals surface area (Å²) in [5.41, 5.74) is 5.98. The van der Waals surface area contributed by atoms with Gasteiger partial charge in [-0.2, -0.15) is 8.42 Å². The molecule has 0 saturated carbocycles. The maximum absolute atomic E-state index is 10.3. The Morgan fingerprint density at radius 2 is 2.00 bits per heavy atom. The van der Waals surface area contributed by atoms with E-state index >= 15 is 0 Å². The van der Waals surface area contributed by atoms with Gasteiger partial charge in [0, 0.05) is 41.7 Å². The number of hydrogen-bond donors (Lipinski definition) is 1. The standard InChI is InChI=1S/C6H7NO2S.Na/c7-5-1-3-6(4-2-5)10(8)9;/h1-3H,4,7H2;. The third-order valence-electron chi connectivity index (χ3n) is 1.21. The van der Waals surface area contributed by atoms with Crippen LogP contribution in [0.2, 0.25) is 0 Å². The van der Waals surface area contributed by atoms with Crippen molar-refractivity contribution < 1.29 is 8.42 Å². The molecule has 1 aliphatic carbocycles. The van der Waals surface area contributed by atoms with E-state index in [-0.39, 0.29) is 29.6 Å². The predicted molar refractivity (Wildman–Crippen MR) is 45.7 cm³/mol. The van der Waals surface area contributed by atoms with Crippen LogP contribution in [0.15, 0.2) is 23.9 Å². The SMILES string of the molecule is NC1=CCC(=S(=O)=O)C=C1.[Na]. The van der Waals surface area contributed by atoms with Gasteiger partial charge in [-0.3, -0.25) is 0 Å². The molecule has 3 nitrogen and oxygen atoms in total. The molecular weight excluding hydrogens is 173 g/mol. The molecule has 0 heterocycles. The van der Waals surface area contributed by atoms with Gasteiger partial charge in [0.1, 0.15) is 0 Å². The van der Waals surface area contributed by atoms with E-state index in [0.29, 0.717) is 17.0 Å². The minimum atomic E-state index is -2.09. The number of rotatable bonds is 0. The Morgan fingerprint density at radius 3 is 2.36 bits per heavy atom. The minimum Gasteiger partial charge on any atom is -0.399 e. The van der Waals surface area contributed by atoms with Crippen molar-refractivity contribution in [1.82, 2.24) is 0 Å². The largest absolute Gasteiger partial charge is 0.399 e. The zero-order valence-corrected chi connectivity index (χ0v) is 9.06. The third-order valence-corrected chi connectivity index (χ3v) is 1.95. The molecule has 0 aromatic heterocycles. The molecule has 0 saturated heterocycles.